The van der Waals surface area contributed by atoms with Gasteiger partial charge in [0.2, 0.25) is 0 Å². The third-order valence-corrected chi connectivity index (χ3v) is 4.22. The molecule has 1 aromatic heterocycles. The molecule has 3 nitrogen and oxygen atoms in total. The van der Waals surface area contributed by atoms with Crippen LogP contribution in [0.25, 0.3) is 0 Å². The van der Waals surface area contributed by atoms with Gasteiger partial charge in [-0.15, -0.1) is 0 Å². The molecule has 104 valence electrons. The van der Waals surface area contributed by atoms with Gasteiger partial charge in [0.05, 0.1) is 0 Å². The molecular weight excluding hydrogens is 292 g/mol. The summed E-state index contributed by atoms with van der Waals surface area (Å²) < 4.78 is 0. The van der Waals surface area contributed by atoms with Gasteiger partial charge in [-0.1, -0.05) is 17.7 Å². The van der Waals surface area contributed by atoms with Gasteiger partial charge in [-0.3, -0.25) is 0 Å². The molecule has 1 heterocycles. The van der Waals surface area contributed by atoms with Crippen LogP contribution >= 0.6 is 22.9 Å². The number of carbonyl (C=O) groups excluding carboxylic acids is 1. The van der Waals surface area contributed by atoms with E-state index in [1.807, 2.05) is 22.4 Å². The normalized spacial score (nSPS) is 14.1. The van der Waals surface area contributed by atoms with Crippen LogP contribution in [0.2, 0.25) is 5.02 Å². The van der Waals surface area contributed by atoms with Crippen molar-refractivity contribution in [2.45, 2.75) is 25.4 Å². The summed E-state index contributed by atoms with van der Waals surface area (Å²) in [5.74, 6) is 0. The van der Waals surface area contributed by atoms with Crippen LogP contribution < -0.4 is 5.32 Å². The van der Waals surface area contributed by atoms with Crippen molar-refractivity contribution in [1.82, 2.24) is 4.90 Å². The minimum atomic E-state index is -0.0547. The molecular formula is C15H15ClN2OS. The number of hydrogen-bond acceptors (Lipinski definition) is 2. The zero-order valence-electron chi connectivity index (χ0n) is 10.9. The Labute approximate surface area is 127 Å². The molecule has 1 fully saturated rings. The Morgan fingerprint density at radius 1 is 1.40 bits per heavy atom. The van der Waals surface area contributed by atoms with E-state index in [1.54, 1.807) is 23.5 Å². The maximum absolute atomic E-state index is 12.4. The first kappa shape index (κ1) is 13.5. The van der Waals surface area contributed by atoms with Gasteiger partial charge in [0.25, 0.3) is 0 Å². The molecule has 3 rings (SSSR count). The van der Waals surface area contributed by atoms with Crippen molar-refractivity contribution in [2.24, 2.45) is 0 Å². The predicted molar refractivity (Wildman–Crippen MR) is 83.4 cm³/mol. The monoisotopic (exact) mass is 306 g/mol. The summed E-state index contributed by atoms with van der Waals surface area (Å²) in [5, 5.41) is 7.67. The Balaban J connectivity index is 1.69. The van der Waals surface area contributed by atoms with Crippen LogP contribution in [0.3, 0.4) is 0 Å². The molecule has 1 aromatic carbocycles. The smallest absolute Gasteiger partial charge is 0.317 e. The lowest BCUT2D eigenvalue weighted by atomic mass is 10.3. The van der Waals surface area contributed by atoms with Crippen LogP contribution in [0.15, 0.2) is 41.1 Å². The molecule has 0 saturated heterocycles. The molecule has 1 aliphatic carbocycles. The number of urea groups is 1. The number of thiophene rings is 1. The second-order valence-corrected chi connectivity index (χ2v) is 6.15. The number of amides is 2. The second kappa shape index (κ2) is 5.85. The molecule has 0 bridgehead atoms. The molecule has 0 atom stereocenters. The number of nitrogens with zero attached hydrogens (tertiary/aromatic N) is 1. The second-order valence-electron chi connectivity index (χ2n) is 4.93. The van der Waals surface area contributed by atoms with Gasteiger partial charge < -0.3 is 10.2 Å². The molecule has 0 radical (unpaired) electrons. The average Bonchev–Trinajstić information content (AvgIpc) is 3.12. The third kappa shape index (κ3) is 3.32. The van der Waals surface area contributed by atoms with E-state index in [4.69, 9.17) is 11.6 Å². The van der Waals surface area contributed by atoms with Gasteiger partial charge in [-0.05, 0) is 53.4 Å². The van der Waals surface area contributed by atoms with Crippen molar-refractivity contribution < 1.29 is 4.79 Å². The molecule has 0 aliphatic heterocycles. The molecule has 20 heavy (non-hydrogen) atoms. The predicted octanol–water partition coefficient (Wildman–Crippen LogP) is 4.60. The summed E-state index contributed by atoms with van der Waals surface area (Å²) in [6.45, 7) is 0.667. The lowest BCUT2D eigenvalue weighted by Crippen LogP contribution is -2.36. The summed E-state index contributed by atoms with van der Waals surface area (Å²) in [6, 6.07) is 9.61. The minimum absolute atomic E-state index is 0.0547. The first-order valence-electron chi connectivity index (χ1n) is 6.56. The molecule has 2 aromatic rings. The first-order valence-corrected chi connectivity index (χ1v) is 7.89. The van der Waals surface area contributed by atoms with Gasteiger partial charge in [0.1, 0.15) is 0 Å². The number of rotatable bonds is 4. The summed E-state index contributed by atoms with van der Waals surface area (Å²) in [5.41, 5.74) is 1.92. The molecule has 5 heteroatoms. The zero-order valence-corrected chi connectivity index (χ0v) is 12.5. The Morgan fingerprint density at radius 2 is 2.25 bits per heavy atom. The van der Waals surface area contributed by atoms with Crippen LogP contribution in [-0.4, -0.2) is 17.0 Å². The maximum atomic E-state index is 12.4. The maximum Gasteiger partial charge on any atom is 0.322 e. The van der Waals surface area contributed by atoms with E-state index < -0.39 is 0 Å². The van der Waals surface area contributed by atoms with Crippen LogP contribution in [0.5, 0.6) is 0 Å². The van der Waals surface area contributed by atoms with Crippen LogP contribution in [-0.2, 0) is 6.54 Å². The number of halogens is 1. The Hall–Kier alpha value is -1.52. The van der Waals surface area contributed by atoms with Crippen molar-refractivity contribution in [3.8, 4) is 0 Å². The van der Waals surface area contributed by atoms with Crippen LogP contribution in [0, 0.1) is 0 Å². The highest BCUT2D eigenvalue weighted by atomic mass is 35.5. The van der Waals surface area contributed by atoms with Gasteiger partial charge >= 0.3 is 6.03 Å². The SMILES string of the molecule is O=C(Nc1cccc(Cl)c1)N(Cc1ccsc1)C1CC1. The highest BCUT2D eigenvalue weighted by Gasteiger charge is 2.32. The number of carbonyl (C=O) groups is 1. The summed E-state index contributed by atoms with van der Waals surface area (Å²) >= 11 is 7.59. The third-order valence-electron chi connectivity index (χ3n) is 3.26. The summed E-state index contributed by atoms with van der Waals surface area (Å²) in [7, 11) is 0. The molecule has 0 spiro atoms. The average molecular weight is 307 g/mol. The van der Waals surface area contributed by atoms with Crippen molar-refractivity contribution in [1.29, 1.82) is 0 Å². The van der Waals surface area contributed by atoms with Gasteiger partial charge in [-0.25, -0.2) is 4.79 Å². The van der Waals surface area contributed by atoms with Gasteiger partial charge in [0.15, 0.2) is 0 Å². The van der Waals surface area contributed by atoms with Gasteiger partial charge in [-0.2, -0.15) is 11.3 Å². The fourth-order valence-electron chi connectivity index (χ4n) is 2.09. The van der Waals surface area contributed by atoms with Crippen LogP contribution in [0.4, 0.5) is 10.5 Å². The lowest BCUT2D eigenvalue weighted by molar-refractivity contribution is 0.206. The molecule has 1 N–H and O–H groups in total. The molecule has 1 saturated carbocycles. The van der Waals surface area contributed by atoms with E-state index in [9.17, 15) is 4.79 Å². The van der Waals surface area contributed by atoms with E-state index >= 15 is 0 Å². The number of anilines is 1. The highest BCUT2D eigenvalue weighted by Crippen LogP contribution is 2.29. The Bertz CT molecular complexity index is 596. The zero-order chi connectivity index (χ0) is 13.9. The topological polar surface area (TPSA) is 32.3 Å². The number of benzene rings is 1. The molecule has 1 aliphatic rings. The van der Waals surface area contributed by atoms with Crippen molar-refractivity contribution in [3.63, 3.8) is 0 Å². The molecule has 2 amide bonds. The van der Waals surface area contributed by atoms with E-state index in [-0.39, 0.29) is 6.03 Å². The fraction of sp³-hybridized carbons (Fsp3) is 0.267. The van der Waals surface area contributed by atoms with Gasteiger partial charge in [0, 0.05) is 23.3 Å². The fourth-order valence-corrected chi connectivity index (χ4v) is 2.94. The van der Waals surface area contributed by atoms with Crippen molar-refractivity contribution in [3.05, 3.63) is 51.7 Å². The van der Waals surface area contributed by atoms with E-state index in [2.05, 4.69) is 16.8 Å². The summed E-state index contributed by atoms with van der Waals surface area (Å²) in [6.07, 6.45) is 2.18. The lowest BCUT2D eigenvalue weighted by Gasteiger charge is -2.22. The van der Waals surface area contributed by atoms with E-state index in [1.165, 1.54) is 5.56 Å². The standard InChI is InChI=1S/C15H15ClN2OS/c16-12-2-1-3-13(8-12)17-15(19)18(14-4-5-14)9-11-6-7-20-10-11/h1-3,6-8,10,14H,4-5,9H2,(H,17,19). The Kier molecular flexibility index (Phi) is 3.94. The van der Waals surface area contributed by atoms with E-state index in [0.717, 1.165) is 18.5 Å². The number of nitrogens with one attached hydrogen (secondary N) is 1. The Morgan fingerprint density at radius 3 is 2.90 bits per heavy atom. The number of hydrogen-bond donors (Lipinski definition) is 1. The van der Waals surface area contributed by atoms with Crippen LogP contribution in [0.1, 0.15) is 18.4 Å². The molecule has 0 unspecified atom stereocenters. The highest BCUT2D eigenvalue weighted by molar-refractivity contribution is 7.07. The minimum Gasteiger partial charge on any atom is -0.317 e. The van der Waals surface area contributed by atoms with Crippen molar-refractivity contribution >= 4 is 34.7 Å². The largest absolute Gasteiger partial charge is 0.322 e. The quantitative estimate of drug-likeness (QED) is 0.879. The van der Waals surface area contributed by atoms with E-state index in [0.29, 0.717) is 17.6 Å². The van der Waals surface area contributed by atoms with Crippen molar-refractivity contribution in [2.75, 3.05) is 5.32 Å². The summed E-state index contributed by atoms with van der Waals surface area (Å²) in [4.78, 5) is 14.3. The first-order chi connectivity index (χ1) is 9.72.